The molecule has 28 heavy (non-hydrogen) atoms. The summed E-state index contributed by atoms with van der Waals surface area (Å²) in [5, 5.41) is 2.77. The number of aryl methyl sites for hydroxylation is 1. The molecule has 1 saturated carbocycles. The van der Waals surface area contributed by atoms with Crippen LogP contribution in [0, 0.1) is 19.8 Å². The molecule has 2 fully saturated rings. The predicted molar refractivity (Wildman–Crippen MR) is 94.9 cm³/mol. The number of halogens is 3. The van der Waals surface area contributed by atoms with E-state index in [1.165, 1.54) is 19.9 Å². The van der Waals surface area contributed by atoms with Gasteiger partial charge in [0.1, 0.15) is 12.1 Å². The Labute approximate surface area is 161 Å². The van der Waals surface area contributed by atoms with Crippen LogP contribution in [0.3, 0.4) is 0 Å². The molecule has 3 rings (SSSR count). The van der Waals surface area contributed by atoms with Crippen LogP contribution in [-0.2, 0) is 11.3 Å². The van der Waals surface area contributed by atoms with Crippen molar-refractivity contribution in [1.82, 2.24) is 14.8 Å². The Morgan fingerprint density at radius 1 is 1.29 bits per heavy atom. The van der Waals surface area contributed by atoms with Crippen molar-refractivity contribution in [1.29, 1.82) is 0 Å². The summed E-state index contributed by atoms with van der Waals surface area (Å²) >= 11 is 0. The Morgan fingerprint density at radius 2 is 1.96 bits per heavy atom. The fourth-order valence-corrected chi connectivity index (χ4v) is 4.37. The number of urea groups is 1. The molecule has 1 aliphatic heterocycles. The first-order valence-corrected chi connectivity index (χ1v) is 9.37. The molecule has 2 heterocycles. The number of hydrogen-bond donors (Lipinski definition) is 1. The van der Waals surface area contributed by atoms with E-state index in [0.29, 0.717) is 12.1 Å². The lowest BCUT2D eigenvalue weighted by Gasteiger charge is -2.36. The Morgan fingerprint density at radius 3 is 2.57 bits per heavy atom. The van der Waals surface area contributed by atoms with Crippen molar-refractivity contribution in [3.63, 3.8) is 0 Å². The summed E-state index contributed by atoms with van der Waals surface area (Å²) in [4.78, 5) is 39.0. The maximum atomic E-state index is 13.0. The number of alkyl halides is 3. The molecule has 0 radical (unpaired) electrons. The van der Waals surface area contributed by atoms with Gasteiger partial charge in [-0.1, -0.05) is 19.8 Å². The van der Waals surface area contributed by atoms with Gasteiger partial charge in [0.05, 0.1) is 6.54 Å². The first-order chi connectivity index (χ1) is 13.0. The molecule has 1 spiro atoms. The molecule has 1 aromatic heterocycles. The molecular weight excluding hydrogens is 375 g/mol. The lowest BCUT2D eigenvalue weighted by molar-refractivity contribution is -0.141. The summed E-state index contributed by atoms with van der Waals surface area (Å²) in [5.41, 5.74) is -0.400. The normalized spacial score (nSPS) is 25.5. The van der Waals surface area contributed by atoms with Crippen molar-refractivity contribution in [3.05, 3.63) is 23.0 Å². The minimum atomic E-state index is -4.41. The first-order valence-electron chi connectivity index (χ1n) is 9.37. The minimum absolute atomic E-state index is 0.0327. The molecule has 3 amide bonds. The minimum Gasteiger partial charge on any atom is -0.339 e. The van der Waals surface area contributed by atoms with Gasteiger partial charge in [0.15, 0.2) is 5.78 Å². The van der Waals surface area contributed by atoms with Crippen LogP contribution < -0.4 is 5.32 Å². The van der Waals surface area contributed by atoms with Crippen LogP contribution >= 0.6 is 0 Å². The summed E-state index contributed by atoms with van der Waals surface area (Å²) in [6.07, 6.45) is -1.27. The number of nitrogens with zero attached hydrogens (tertiary/aromatic N) is 2. The van der Waals surface area contributed by atoms with Crippen LogP contribution in [0.5, 0.6) is 0 Å². The van der Waals surface area contributed by atoms with E-state index in [1.54, 1.807) is 0 Å². The standard InChI is InChI=1S/C19H24F3N3O3/c1-11-6-4-5-7-18(11)16(27)24(17(28)23-18)9-15(26)14-8-12(2)25(13(14)3)10-19(20,21)22/h8,11H,4-7,9-10H2,1-3H3,(H,23,28). The Kier molecular flexibility index (Phi) is 5.05. The fourth-order valence-electron chi connectivity index (χ4n) is 4.37. The van der Waals surface area contributed by atoms with Crippen molar-refractivity contribution in [2.75, 3.05) is 6.54 Å². The number of ketones is 1. The van der Waals surface area contributed by atoms with Crippen LogP contribution in [0.25, 0.3) is 0 Å². The molecule has 2 aliphatic rings. The van der Waals surface area contributed by atoms with Crippen molar-refractivity contribution in [2.45, 2.75) is 64.7 Å². The van der Waals surface area contributed by atoms with Crippen LogP contribution in [-0.4, -0.2) is 45.4 Å². The van der Waals surface area contributed by atoms with E-state index in [2.05, 4.69) is 5.32 Å². The Bertz CT molecular complexity index is 830. The average Bonchev–Trinajstić information content (AvgIpc) is 2.99. The van der Waals surface area contributed by atoms with Gasteiger partial charge in [0, 0.05) is 17.0 Å². The van der Waals surface area contributed by atoms with Crippen molar-refractivity contribution in [3.8, 4) is 0 Å². The second-order valence-corrected chi connectivity index (χ2v) is 7.85. The monoisotopic (exact) mass is 399 g/mol. The van der Waals surface area contributed by atoms with Crippen molar-refractivity contribution < 1.29 is 27.6 Å². The molecule has 1 saturated heterocycles. The summed E-state index contributed by atoms with van der Waals surface area (Å²) in [6.45, 7) is 3.16. The van der Waals surface area contributed by atoms with Crippen LogP contribution in [0.15, 0.2) is 6.07 Å². The highest BCUT2D eigenvalue weighted by molar-refractivity contribution is 6.11. The van der Waals surface area contributed by atoms with Gasteiger partial charge >= 0.3 is 12.2 Å². The van der Waals surface area contributed by atoms with Gasteiger partial charge in [-0.05, 0) is 38.7 Å². The van der Waals surface area contributed by atoms with Gasteiger partial charge in [-0.2, -0.15) is 13.2 Å². The zero-order valence-electron chi connectivity index (χ0n) is 16.2. The van der Waals surface area contributed by atoms with E-state index in [-0.39, 0.29) is 17.2 Å². The summed E-state index contributed by atoms with van der Waals surface area (Å²) in [7, 11) is 0. The third-order valence-electron chi connectivity index (χ3n) is 6.01. The molecule has 1 N–H and O–H groups in total. The smallest absolute Gasteiger partial charge is 0.339 e. The molecular formula is C19H24F3N3O3. The number of nitrogens with one attached hydrogen (secondary N) is 1. The average molecular weight is 399 g/mol. The molecule has 9 heteroatoms. The molecule has 0 aromatic carbocycles. The number of carbonyl (C=O) groups excluding carboxylic acids is 3. The maximum Gasteiger partial charge on any atom is 0.406 e. The van der Waals surface area contributed by atoms with Gasteiger partial charge in [-0.3, -0.25) is 14.5 Å². The number of rotatable bonds is 4. The van der Waals surface area contributed by atoms with Crippen molar-refractivity contribution >= 4 is 17.7 Å². The van der Waals surface area contributed by atoms with Crippen LogP contribution in [0.4, 0.5) is 18.0 Å². The lowest BCUT2D eigenvalue weighted by Crippen LogP contribution is -2.54. The molecule has 154 valence electrons. The number of carbonyl (C=O) groups is 3. The van der Waals surface area contributed by atoms with E-state index in [9.17, 15) is 27.6 Å². The molecule has 1 aliphatic carbocycles. The summed E-state index contributed by atoms with van der Waals surface area (Å²) < 4.78 is 39.3. The van der Waals surface area contributed by atoms with Gasteiger partial charge in [0.25, 0.3) is 5.91 Å². The van der Waals surface area contributed by atoms with E-state index in [0.717, 1.165) is 28.7 Å². The number of hydrogen-bond acceptors (Lipinski definition) is 3. The third kappa shape index (κ3) is 3.42. The Balaban J connectivity index is 1.81. The summed E-state index contributed by atoms with van der Waals surface area (Å²) in [6, 6.07) is 0.761. The fraction of sp³-hybridized carbons (Fsp3) is 0.632. The van der Waals surface area contributed by atoms with Crippen molar-refractivity contribution in [2.24, 2.45) is 5.92 Å². The maximum absolute atomic E-state index is 13.0. The number of Topliss-reactive ketones (excluding diaryl/α,β-unsaturated/α-hetero) is 1. The van der Waals surface area contributed by atoms with E-state index in [1.807, 2.05) is 6.92 Å². The zero-order valence-corrected chi connectivity index (χ0v) is 16.2. The second kappa shape index (κ2) is 6.93. The number of amides is 3. The highest BCUT2D eigenvalue weighted by Gasteiger charge is 2.55. The SMILES string of the molecule is Cc1cc(C(=O)CN2C(=O)NC3(CCCCC3C)C2=O)c(C)n1CC(F)(F)F. The van der Waals surface area contributed by atoms with Crippen LogP contribution in [0.2, 0.25) is 0 Å². The summed E-state index contributed by atoms with van der Waals surface area (Å²) in [5.74, 6) is -0.998. The van der Waals surface area contributed by atoms with Gasteiger partial charge in [0.2, 0.25) is 0 Å². The van der Waals surface area contributed by atoms with E-state index < -0.39 is 42.5 Å². The number of imide groups is 1. The third-order valence-corrected chi connectivity index (χ3v) is 6.01. The number of aromatic nitrogens is 1. The molecule has 2 unspecified atom stereocenters. The largest absolute Gasteiger partial charge is 0.406 e. The first kappa shape index (κ1) is 20.4. The predicted octanol–water partition coefficient (Wildman–Crippen LogP) is 3.35. The molecule has 0 bridgehead atoms. The molecule has 6 nitrogen and oxygen atoms in total. The van der Waals surface area contributed by atoms with Crippen LogP contribution in [0.1, 0.15) is 54.4 Å². The highest BCUT2D eigenvalue weighted by atomic mass is 19.4. The second-order valence-electron chi connectivity index (χ2n) is 7.85. The lowest BCUT2D eigenvalue weighted by atomic mass is 9.73. The van der Waals surface area contributed by atoms with Gasteiger partial charge in [-0.25, -0.2) is 4.79 Å². The topological polar surface area (TPSA) is 71.4 Å². The molecule has 1 aromatic rings. The highest BCUT2D eigenvalue weighted by Crippen LogP contribution is 2.38. The van der Waals surface area contributed by atoms with E-state index in [4.69, 9.17) is 0 Å². The van der Waals surface area contributed by atoms with E-state index >= 15 is 0 Å². The molecule has 2 atom stereocenters. The van der Waals surface area contributed by atoms with Gasteiger partial charge < -0.3 is 9.88 Å². The van der Waals surface area contributed by atoms with Gasteiger partial charge in [-0.15, -0.1) is 0 Å². The Hall–Kier alpha value is -2.32. The zero-order chi connectivity index (χ0) is 20.9. The quantitative estimate of drug-likeness (QED) is 0.624.